The molecule has 29 heavy (non-hydrogen) atoms. The highest BCUT2D eigenvalue weighted by atomic mass is 16.5. The van der Waals surface area contributed by atoms with Crippen LogP contribution in [0.25, 0.3) is 0 Å². The van der Waals surface area contributed by atoms with Crippen molar-refractivity contribution in [2.75, 3.05) is 26.1 Å². The molecule has 150 valence electrons. The van der Waals surface area contributed by atoms with Gasteiger partial charge < -0.3 is 24.3 Å². The van der Waals surface area contributed by atoms with Crippen molar-refractivity contribution >= 4 is 11.7 Å². The molecule has 0 bridgehead atoms. The highest BCUT2D eigenvalue weighted by Crippen LogP contribution is 2.32. The summed E-state index contributed by atoms with van der Waals surface area (Å²) in [6.45, 7) is 1.44. The number of hydrogen-bond donors (Lipinski definition) is 1. The minimum Gasteiger partial charge on any atom is -0.493 e. The molecule has 6 heteroatoms. The maximum absolute atomic E-state index is 13.2. The van der Waals surface area contributed by atoms with Gasteiger partial charge in [0.1, 0.15) is 0 Å². The molecule has 1 unspecified atom stereocenters. The summed E-state index contributed by atoms with van der Waals surface area (Å²) in [6.07, 6.45) is 2.85. The molecule has 0 spiro atoms. The van der Waals surface area contributed by atoms with Gasteiger partial charge in [0, 0.05) is 36.7 Å². The lowest BCUT2D eigenvalue weighted by atomic mass is 10.0. The van der Waals surface area contributed by atoms with Crippen molar-refractivity contribution in [2.45, 2.75) is 19.0 Å². The molecule has 0 saturated heterocycles. The number of hydrogen-bond acceptors (Lipinski definition) is 3. The van der Waals surface area contributed by atoms with Crippen LogP contribution in [0.2, 0.25) is 0 Å². The van der Waals surface area contributed by atoms with E-state index in [0.29, 0.717) is 23.7 Å². The molecule has 2 amide bonds. The number of anilines is 1. The molecule has 2 aromatic carbocycles. The Labute approximate surface area is 170 Å². The number of nitrogens with zero attached hydrogens (tertiary/aromatic N) is 2. The first-order valence-electron chi connectivity index (χ1n) is 9.68. The number of amides is 2. The molecule has 1 aromatic heterocycles. The van der Waals surface area contributed by atoms with Crippen LogP contribution in [0.15, 0.2) is 66.9 Å². The Kier molecular flexibility index (Phi) is 5.42. The predicted octanol–water partition coefficient (Wildman–Crippen LogP) is 4.34. The Bertz CT molecular complexity index is 984. The number of ether oxygens (including phenoxy) is 2. The van der Waals surface area contributed by atoms with Crippen molar-refractivity contribution in [3.63, 3.8) is 0 Å². The van der Waals surface area contributed by atoms with Crippen LogP contribution in [-0.4, -0.2) is 36.3 Å². The SMILES string of the molecule is COc1ccc(NC(=O)N2CCn3cccc3C2Cc2ccccc2)cc1OC. The Morgan fingerprint density at radius 1 is 1.00 bits per heavy atom. The van der Waals surface area contributed by atoms with Gasteiger partial charge in [-0.2, -0.15) is 0 Å². The first kappa shape index (κ1) is 18.9. The first-order valence-corrected chi connectivity index (χ1v) is 9.68. The minimum atomic E-state index is -0.120. The number of carbonyl (C=O) groups excluding carboxylic acids is 1. The minimum absolute atomic E-state index is 0.0266. The standard InChI is InChI=1S/C23H25N3O3/c1-28-21-11-10-18(16-22(21)29-2)24-23(27)26-14-13-25-12-6-9-19(25)20(26)15-17-7-4-3-5-8-17/h3-12,16,20H,13-15H2,1-2H3,(H,24,27). The number of methoxy groups -OCH3 is 2. The lowest BCUT2D eigenvalue weighted by molar-refractivity contribution is 0.167. The highest BCUT2D eigenvalue weighted by Gasteiger charge is 2.31. The molecule has 4 rings (SSSR count). The summed E-state index contributed by atoms with van der Waals surface area (Å²) in [5, 5.41) is 3.02. The van der Waals surface area contributed by atoms with E-state index in [2.05, 4.69) is 34.3 Å². The molecule has 1 aliphatic heterocycles. The van der Waals surface area contributed by atoms with E-state index in [0.717, 1.165) is 18.7 Å². The maximum atomic E-state index is 13.2. The summed E-state index contributed by atoms with van der Waals surface area (Å²) in [5.41, 5.74) is 3.03. The zero-order valence-electron chi connectivity index (χ0n) is 16.7. The molecule has 1 aliphatic rings. The number of carbonyl (C=O) groups is 1. The van der Waals surface area contributed by atoms with Crippen LogP contribution >= 0.6 is 0 Å². The molecule has 6 nitrogen and oxygen atoms in total. The normalized spacial score (nSPS) is 15.5. The molecule has 3 aromatic rings. The zero-order valence-corrected chi connectivity index (χ0v) is 16.7. The molecule has 0 aliphatic carbocycles. The molecule has 0 saturated carbocycles. The van der Waals surface area contributed by atoms with Gasteiger partial charge in [0.25, 0.3) is 0 Å². The van der Waals surface area contributed by atoms with Gasteiger partial charge in [-0.3, -0.25) is 0 Å². The zero-order chi connectivity index (χ0) is 20.2. The number of urea groups is 1. The average Bonchev–Trinajstić information content (AvgIpc) is 3.24. The summed E-state index contributed by atoms with van der Waals surface area (Å²) in [5.74, 6) is 1.21. The van der Waals surface area contributed by atoms with Crippen molar-refractivity contribution in [3.05, 3.63) is 78.1 Å². The van der Waals surface area contributed by atoms with Gasteiger partial charge in [-0.1, -0.05) is 30.3 Å². The first-order chi connectivity index (χ1) is 14.2. The average molecular weight is 391 g/mol. The van der Waals surface area contributed by atoms with Crippen molar-refractivity contribution in [2.24, 2.45) is 0 Å². The van der Waals surface area contributed by atoms with E-state index in [4.69, 9.17) is 9.47 Å². The molecular weight excluding hydrogens is 366 g/mol. The second-order valence-corrected chi connectivity index (χ2v) is 7.03. The van der Waals surface area contributed by atoms with Gasteiger partial charge in [0.15, 0.2) is 11.5 Å². The Balaban J connectivity index is 1.58. The number of fused-ring (bicyclic) bond motifs is 1. The van der Waals surface area contributed by atoms with Gasteiger partial charge in [-0.05, 0) is 36.2 Å². The van der Waals surface area contributed by atoms with Crippen LogP contribution in [0.3, 0.4) is 0 Å². The summed E-state index contributed by atoms with van der Waals surface area (Å²) < 4.78 is 12.9. The highest BCUT2D eigenvalue weighted by molar-refractivity contribution is 5.90. The van der Waals surface area contributed by atoms with E-state index in [1.807, 2.05) is 35.2 Å². The summed E-state index contributed by atoms with van der Waals surface area (Å²) >= 11 is 0. The fourth-order valence-corrected chi connectivity index (χ4v) is 3.87. The predicted molar refractivity (Wildman–Crippen MR) is 113 cm³/mol. The van der Waals surface area contributed by atoms with Crippen LogP contribution in [0.5, 0.6) is 11.5 Å². The summed E-state index contributed by atoms with van der Waals surface area (Å²) in [6, 6.07) is 19.7. The van der Waals surface area contributed by atoms with Crippen LogP contribution < -0.4 is 14.8 Å². The van der Waals surface area contributed by atoms with Gasteiger partial charge in [-0.15, -0.1) is 0 Å². The van der Waals surface area contributed by atoms with Crippen molar-refractivity contribution in [1.82, 2.24) is 9.47 Å². The van der Waals surface area contributed by atoms with E-state index in [9.17, 15) is 4.79 Å². The number of rotatable bonds is 5. The fraction of sp³-hybridized carbons (Fsp3) is 0.261. The third-order valence-electron chi connectivity index (χ3n) is 5.33. The van der Waals surface area contributed by atoms with E-state index >= 15 is 0 Å². The summed E-state index contributed by atoms with van der Waals surface area (Å²) in [4.78, 5) is 15.1. The number of aromatic nitrogens is 1. The second kappa shape index (κ2) is 8.31. The van der Waals surface area contributed by atoms with Crippen LogP contribution in [-0.2, 0) is 13.0 Å². The van der Waals surface area contributed by atoms with Crippen LogP contribution in [0.1, 0.15) is 17.3 Å². The van der Waals surface area contributed by atoms with Crippen LogP contribution in [0, 0.1) is 0 Å². The van der Waals surface area contributed by atoms with Gasteiger partial charge in [0.05, 0.1) is 20.3 Å². The molecule has 1 atom stereocenters. The molecule has 0 radical (unpaired) electrons. The molecule has 0 fully saturated rings. The fourth-order valence-electron chi connectivity index (χ4n) is 3.87. The van der Waals surface area contributed by atoms with Gasteiger partial charge in [-0.25, -0.2) is 4.79 Å². The Hall–Kier alpha value is -3.41. The van der Waals surface area contributed by atoms with Crippen molar-refractivity contribution in [1.29, 1.82) is 0 Å². The smallest absolute Gasteiger partial charge is 0.322 e. The number of benzene rings is 2. The van der Waals surface area contributed by atoms with Crippen molar-refractivity contribution < 1.29 is 14.3 Å². The third kappa shape index (κ3) is 3.92. The van der Waals surface area contributed by atoms with E-state index < -0.39 is 0 Å². The Morgan fingerprint density at radius 3 is 2.55 bits per heavy atom. The Morgan fingerprint density at radius 2 is 1.79 bits per heavy atom. The van der Waals surface area contributed by atoms with E-state index in [-0.39, 0.29) is 12.1 Å². The monoisotopic (exact) mass is 391 g/mol. The van der Waals surface area contributed by atoms with Gasteiger partial charge >= 0.3 is 6.03 Å². The van der Waals surface area contributed by atoms with E-state index in [1.165, 1.54) is 5.56 Å². The van der Waals surface area contributed by atoms with Crippen molar-refractivity contribution in [3.8, 4) is 11.5 Å². The molecule has 1 N–H and O–H groups in total. The summed E-state index contributed by atoms with van der Waals surface area (Å²) in [7, 11) is 3.17. The largest absolute Gasteiger partial charge is 0.493 e. The quantitative estimate of drug-likeness (QED) is 0.704. The lowest BCUT2D eigenvalue weighted by Gasteiger charge is -2.37. The second-order valence-electron chi connectivity index (χ2n) is 7.03. The van der Waals surface area contributed by atoms with E-state index in [1.54, 1.807) is 26.4 Å². The lowest BCUT2D eigenvalue weighted by Crippen LogP contribution is -2.44. The third-order valence-corrected chi connectivity index (χ3v) is 5.33. The van der Waals surface area contributed by atoms with Crippen LogP contribution in [0.4, 0.5) is 10.5 Å². The number of nitrogens with one attached hydrogen (secondary N) is 1. The maximum Gasteiger partial charge on any atom is 0.322 e. The molecular formula is C23H25N3O3. The topological polar surface area (TPSA) is 55.7 Å². The molecule has 2 heterocycles. The van der Waals surface area contributed by atoms with Gasteiger partial charge in [0.2, 0.25) is 0 Å².